The van der Waals surface area contributed by atoms with Gasteiger partial charge in [-0.1, -0.05) is 18.2 Å². The van der Waals surface area contributed by atoms with Crippen LogP contribution in [0.2, 0.25) is 0 Å². The monoisotopic (exact) mass is 502 g/mol. The van der Waals surface area contributed by atoms with Crippen LogP contribution in [0.4, 0.5) is 5.69 Å². The molecule has 2 aromatic rings. The van der Waals surface area contributed by atoms with Crippen molar-refractivity contribution in [1.29, 1.82) is 0 Å². The molecule has 8 heteroatoms. The third-order valence-corrected chi connectivity index (χ3v) is 5.65. The van der Waals surface area contributed by atoms with Gasteiger partial charge in [0.05, 0.1) is 18.0 Å². The van der Waals surface area contributed by atoms with E-state index in [1.54, 1.807) is 24.3 Å². The number of ether oxygens (including phenoxy) is 1. The van der Waals surface area contributed by atoms with Gasteiger partial charge >= 0.3 is 0 Å². The van der Waals surface area contributed by atoms with Crippen molar-refractivity contribution in [2.45, 2.75) is 19.9 Å². The van der Waals surface area contributed by atoms with Crippen LogP contribution in [0.3, 0.4) is 0 Å². The molecule has 0 spiro atoms. The van der Waals surface area contributed by atoms with Crippen LogP contribution in [0.15, 0.2) is 48.5 Å². The first-order chi connectivity index (χ1) is 12.7. The fourth-order valence-corrected chi connectivity index (χ4v) is 3.65. The van der Waals surface area contributed by atoms with Crippen LogP contribution in [0.1, 0.15) is 12.5 Å². The number of nitrogens with one attached hydrogen (secondary N) is 1. The second-order valence-electron chi connectivity index (χ2n) is 6.29. The largest absolute Gasteiger partial charge is 0.491 e. The highest BCUT2D eigenvalue weighted by atomic mass is 127. The summed E-state index contributed by atoms with van der Waals surface area (Å²) in [6.45, 7) is 3.77. The van der Waals surface area contributed by atoms with Crippen molar-refractivity contribution in [3.63, 3.8) is 0 Å². The normalized spacial score (nSPS) is 12.3. The van der Waals surface area contributed by atoms with E-state index >= 15 is 0 Å². The maximum absolute atomic E-state index is 12.4. The molecule has 0 aliphatic heterocycles. The van der Waals surface area contributed by atoms with Gasteiger partial charge in [-0.3, -0.25) is 9.10 Å². The number of hydrogen-bond donors (Lipinski definition) is 1. The van der Waals surface area contributed by atoms with Crippen LogP contribution in [0.5, 0.6) is 5.75 Å². The standard InChI is InChI=1S/C19H23IN2O4S/c1-14-6-4-5-7-18(14)26-13-15(2)21-19(23)12-22(27(3,24)25)17-10-8-16(20)9-11-17/h4-11,15H,12-13H2,1-3H3,(H,21,23). The van der Waals surface area contributed by atoms with Gasteiger partial charge in [0.25, 0.3) is 0 Å². The summed E-state index contributed by atoms with van der Waals surface area (Å²) >= 11 is 2.14. The average molecular weight is 502 g/mol. The quantitative estimate of drug-likeness (QED) is 0.564. The van der Waals surface area contributed by atoms with Gasteiger partial charge in [0.1, 0.15) is 18.9 Å². The molecule has 2 rings (SSSR count). The summed E-state index contributed by atoms with van der Waals surface area (Å²) in [6, 6.07) is 14.3. The predicted molar refractivity (Wildman–Crippen MR) is 116 cm³/mol. The summed E-state index contributed by atoms with van der Waals surface area (Å²) in [6.07, 6.45) is 1.09. The molecule has 0 fully saturated rings. The molecule has 0 aliphatic rings. The number of carbonyl (C=O) groups is 1. The van der Waals surface area contributed by atoms with E-state index in [-0.39, 0.29) is 18.5 Å². The van der Waals surface area contributed by atoms with Crippen LogP contribution in [0, 0.1) is 10.5 Å². The van der Waals surface area contributed by atoms with Crippen LogP contribution in [0.25, 0.3) is 0 Å². The maximum Gasteiger partial charge on any atom is 0.241 e. The van der Waals surface area contributed by atoms with E-state index in [0.717, 1.165) is 25.4 Å². The van der Waals surface area contributed by atoms with Gasteiger partial charge in [-0.05, 0) is 72.3 Å². The topological polar surface area (TPSA) is 75.7 Å². The third kappa shape index (κ3) is 6.69. The highest BCUT2D eigenvalue weighted by molar-refractivity contribution is 14.1. The number of aryl methyl sites for hydroxylation is 1. The van der Waals surface area contributed by atoms with Crippen LogP contribution >= 0.6 is 22.6 Å². The second kappa shape index (κ2) is 9.41. The summed E-state index contributed by atoms with van der Waals surface area (Å²) in [7, 11) is -3.58. The van der Waals surface area contributed by atoms with Crippen LogP contribution < -0.4 is 14.4 Å². The number of nitrogens with zero attached hydrogens (tertiary/aromatic N) is 1. The maximum atomic E-state index is 12.4. The lowest BCUT2D eigenvalue weighted by atomic mass is 10.2. The lowest BCUT2D eigenvalue weighted by molar-refractivity contribution is -0.120. The zero-order valence-electron chi connectivity index (χ0n) is 15.5. The Kier molecular flexibility index (Phi) is 7.49. The molecule has 27 heavy (non-hydrogen) atoms. The minimum Gasteiger partial charge on any atom is -0.491 e. The lowest BCUT2D eigenvalue weighted by Crippen LogP contribution is -2.44. The number of rotatable bonds is 8. The van der Waals surface area contributed by atoms with Crippen LogP contribution in [-0.2, 0) is 14.8 Å². The molecule has 1 N–H and O–H groups in total. The molecule has 0 radical (unpaired) electrons. The van der Waals surface area contributed by atoms with Gasteiger partial charge in [-0.15, -0.1) is 0 Å². The Morgan fingerprint density at radius 3 is 2.41 bits per heavy atom. The Morgan fingerprint density at radius 2 is 1.81 bits per heavy atom. The zero-order valence-corrected chi connectivity index (χ0v) is 18.5. The molecule has 0 saturated heterocycles. The third-order valence-electron chi connectivity index (χ3n) is 3.79. The Bertz CT molecular complexity index is 885. The number of carbonyl (C=O) groups excluding carboxylic acids is 1. The minimum atomic E-state index is -3.58. The second-order valence-corrected chi connectivity index (χ2v) is 9.44. The number of anilines is 1. The summed E-state index contributed by atoms with van der Waals surface area (Å²) in [5, 5.41) is 2.78. The molecule has 0 aliphatic carbocycles. The van der Waals surface area contributed by atoms with E-state index in [0.29, 0.717) is 12.3 Å². The molecule has 0 aromatic heterocycles. The lowest BCUT2D eigenvalue weighted by Gasteiger charge is -2.23. The zero-order chi connectivity index (χ0) is 20.0. The summed E-state index contributed by atoms with van der Waals surface area (Å²) in [5.74, 6) is 0.370. The number of para-hydroxylation sites is 1. The van der Waals surface area contributed by atoms with Gasteiger partial charge in [-0.25, -0.2) is 8.42 Å². The first-order valence-electron chi connectivity index (χ1n) is 8.38. The first-order valence-corrected chi connectivity index (χ1v) is 11.3. The van der Waals surface area contributed by atoms with Crippen molar-refractivity contribution < 1.29 is 17.9 Å². The van der Waals surface area contributed by atoms with E-state index in [2.05, 4.69) is 27.9 Å². The molecular formula is C19H23IN2O4S. The Morgan fingerprint density at radius 1 is 1.19 bits per heavy atom. The highest BCUT2D eigenvalue weighted by Crippen LogP contribution is 2.19. The Labute approximate surface area is 174 Å². The van der Waals surface area contributed by atoms with E-state index < -0.39 is 10.0 Å². The molecule has 6 nitrogen and oxygen atoms in total. The van der Waals surface area contributed by atoms with Crippen molar-refractivity contribution in [3.8, 4) is 5.75 Å². The molecule has 146 valence electrons. The minimum absolute atomic E-state index is 0.268. The SMILES string of the molecule is Cc1ccccc1OCC(C)NC(=O)CN(c1ccc(I)cc1)S(C)(=O)=O. The van der Waals surface area contributed by atoms with Crippen molar-refractivity contribution in [3.05, 3.63) is 57.7 Å². The van der Waals surface area contributed by atoms with Gasteiger partial charge in [-0.2, -0.15) is 0 Å². The number of amides is 1. The Balaban J connectivity index is 1.97. The molecule has 0 saturated carbocycles. The molecule has 0 heterocycles. The number of halogens is 1. The van der Waals surface area contributed by atoms with E-state index in [9.17, 15) is 13.2 Å². The molecule has 1 atom stereocenters. The predicted octanol–water partition coefficient (Wildman–Crippen LogP) is 2.95. The van der Waals surface area contributed by atoms with Crippen molar-refractivity contribution in [1.82, 2.24) is 5.32 Å². The van der Waals surface area contributed by atoms with Crippen molar-refractivity contribution in [2.24, 2.45) is 0 Å². The van der Waals surface area contributed by atoms with Crippen molar-refractivity contribution >= 4 is 44.2 Å². The molecular weight excluding hydrogens is 479 g/mol. The first kappa shape index (κ1) is 21.5. The van der Waals surface area contributed by atoms with E-state index in [1.807, 2.05) is 38.1 Å². The summed E-state index contributed by atoms with van der Waals surface area (Å²) in [4.78, 5) is 12.4. The van der Waals surface area contributed by atoms with E-state index in [4.69, 9.17) is 4.74 Å². The Hall–Kier alpha value is -1.81. The van der Waals surface area contributed by atoms with Crippen LogP contribution in [-0.4, -0.2) is 39.8 Å². The fraction of sp³-hybridized carbons (Fsp3) is 0.316. The highest BCUT2D eigenvalue weighted by Gasteiger charge is 2.21. The summed E-state index contributed by atoms with van der Waals surface area (Å²) in [5.41, 5.74) is 1.47. The fourth-order valence-electron chi connectivity index (χ4n) is 2.43. The molecule has 0 bridgehead atoms. The van der Waals surface area contributed by atoms with Gasteiger partial charge in [0.15, 0.2) is 0 Å². The molecule has 1 amide bonds. The van der Waals surface area contributed by atoms with Gasteiger partial charge in [0, 0.05) is 3.57 Å². The van der Waals surface area contributed by atoms with Crippen molar-refractivity contribution in [2.75, 3.05) is 23.7 Å². The molecule has 2 aromatic carbocycles. The average Bonchev–Trinajstić information content (AvgIpc) is 2.59. The number of hydrogen-bond acceptors (Lipinski definition) is 4. The van der Waals surface area contributed by atoms with E-state index in [1.165, 1.54) is 0 Å². The molecule has 1 unspecified atom stereocenters. The smallest absolute Gasteiger partial charge is 0.241 e. The number of benzene rings is 2. The van der Waals surface area contributed by atoms with Gasteiger partial charge in [0.2, 0.25) is 15.9 Å². The number of sulfonamides is 1. The summed E-state index contributed by atoms with van der Waals surface area (Å²) < 4.78 is 32.0. The van der Waals surface area contributed by atoms with Gasteiger partial charge < -0.3 is 10.1 Å².